The smallest absolute Gasteiger partial charge is 0.366 e. The number of aromatic nitrogens is 1. The molecule has 0 aliphatic rings. The van der Waals surface area contributed by atoms with Crippen LogP contribution < -0.4 is 16.2 Å². The number of carbonyl (C=O) groups excluding carboxylic acids is 2. The summed E-state index contributed by atoms with van der Waals surface area (Å²) < 4.78 is 63.2. The fourth-order valence-electron chi connectivity index (χ4n) is 3.09. The molecule has 1 heterocycles. The van der Waals surface area contributed by atoms with E-state index in [9.17, 15) is 36.0 Å². The highest BCUT2D eigenvalue weighted by molar-refractivity contribution is 7.90. The molecule has 0 bridgehead atoms. The van der Waals surface area contributed by atoms with Gasteiger partial charge in [-0.1, -0.05) is 18.2 Å². The van der Waals surface area contributed by atoms with Gasteiger partial charge in [-0.3, -0.25) is 14.4 Å². The summed E-state index contributed by atoms with van der Waals surface area (Å²) in [5.41, 5.74) is 2.82. The number of hydrogen-bond donors (Lipinski definition) is 2. The Morgan fingerprint density at radius 1 is 1.06 bits per heavy atom. The zero-order chi connectivity index (χ0) is 25.3. The van der Waals surface area contributed by atoms with Crippen LogP contribution in [0.15, 0.2) is 70.5 Å². The first-order valence-corrected chi connectivity index (χ1v) is 11.5. The molecule has 0 radical (unpaired) electrons. The van der Waals surface area contributed by atoms with Crippen molar-refractivity contribution in [1.82, 2.24) is 4.98 Å². The van der Waals surface area contributed by atoms with Crippen molar-refractivity contribution in [2.45, 2.75) is 17.6 Å². The van der Waals surface area contributed by atoms with Crippen LogP contribution in [0, 0.1) is 0 Å². The number of pyridine rings is 1. The minimum Gasteiger partial charge on any atom is -0.366 e. The Labute approximate surface area is 191 Å². The van der Waals surface area contributed by atoms with E-state index in [-0.39, 0.29) is 22.7 Å². The van der Waals surface area contributed by atoms with E-state index in [4.69, 9.17) is 5.73 Å². The third-order valence-corrected chi connectivity index (χ3v) is 5.97. The predicted octanol–water partition coefficient (Wildman–Crippen LogP) is 2.74. The fraction of sp³-hybridized carbons (Fsp3) is 0.136. The van der Waals surface area contributed by atoms with Gasteiger partial charge in [0.05, 0.1) is 22.6 Å². The van der Waals surface area contributed by atoms with E-state index in [1.807, 2.05) is 0 Å². The average Bonchev–Trinajstić information content (AvgIpc) is 2.76. The summed E-state index contributed by atoms with van der Waals surface area (Å²) in [6.45, 7) is -0.301. The fourth-order valence-corrected chi connectivity index (χ4v) is 3.72. The second-order valence-corrected chi connectivity index (χ2v) is 9.37. The standard InChI is InChI=1S/C22H18F3N3O5S/c1-34(32,33)17-7-5-13(6-8-17)12-28(16-4-2-3-15(10-16)22(23,24)25)21(31)18-9-14(19(26)29)11-27-20(18)30/h2-11H,12H2,1H3,(H2,26,29)(H,27,30). The Hall–Kier alpha value is -3.93. The van der Waals surface area contributed by atoms with E-state index in [0.29, 0.717) is 5.56 Å². The first-order valence-electron chi connectivity index (χ1n) is 9.58. The molecular formula is C22H18F3N3O5S. The number of primary amides is 1. The normalized spacial score (nSPS) is 11.8. The van der Waals surface area contributed by atoms with Gasteiger partial charge >= 0.3 is 6.18 Å². The molecule has 0 spiro atoms. The molecular weight excluding hydrogens is 475 g/mol. The van der Waals surface area contributed by atoms with Crippen LogP contribution >= 0.6 is 0 Å². The van der Waals surface area contributed by atoms with Crippen LogP contribution in [-0.4, -0.2) is 31.5 Å². The number of nitrogens with zero attached hydrogens (tertiary/aromatic N) is 1. The molecule has 0 aliphatic carbocycles. The van der Waals surface area contributed by atoms with E-state index in [2.05, 4.69) is 4.98 Å². The minimum absolute atomic E-state index is 0.0128. The molecule has 2 amide bonds. The molecule has 178 valence electrons. The Morgan fingerprint density at radius 2 is 1.71 bits per heavy atom. The lowest BCUT2D eigenvalue weighted by molar-refractivity contribution is -0.137. The number of nitrogens with two attached hydrogens (primary N) is 1. The molecule has 0 atom stereocenters. The van der Waals surface area contributed by atoms with Crippen LogP contribution in [0.25, 0.3) is 0 Å². The maximum absolute atomic E-state index is 13.3. The molecule has 0 saturated carbocycles. The van der Waals surface area contributed by atoms with Gasteiger partial charge in [0.1, 0.15) is 5.56 Å². The molecule has 8 nitrogen and oxygen atoms in total. The maximum Gasteiger partial charge on any atom is 0.416 e. The SMILES string of the molecule is CS(=O)(=O)c1ccc(CN(C(=O)c2cc(C(N)=O)c[nH]c2=O)c2cccc(C(F)(F)F)c2)cc1. The van der Waals surface area contributed by atoms with Crippen molar-refractivity contribution in [3.05, 3.63) is 93.4 Å². The number of rotatable bonds is 6. The highest BCUT2D eigenvalue weighted by Crippen LogP contribution is 2.32. The Morgan fingerprint density at radius 3 is 2.26 bits per heavy atom. The number of H-pyrrole nitrogens is 1. The van der Waals surface area contributed by atoms with Crippen LogP contribution in [0.4, 0.5) is 18.9 Å². The summed E-state index contributed by atoms with van der Waals surface area (Å²) in [6, 6.07) is 10.3. The van der Waals surface area contributed by atoms with Crippen LogP contribution in [0.5, 0.6) is 0 Å². The van der Waals surface area contributed by atoms with E-state index >= 15 is 0 Å². The van der Waals surface area contributed by atoms with Gasteiger partial charge in [0.2, 0.25) is 5.91 Å². The summed E-state index contributed by atoms with van der Waals surface area (Å²) in [6.07, 6.45) is -2.66. The van der Waals surface area contributed by atoms with Gasteiger partial charge in [-0.15, -0.1) is 0 Å². The Kier molecular flexibility index (Phi) is 6.64. The Bertz CT molecular complexity index is 1410. The molecule has 34 heavy (non-hydrogen) atoms. The number of carbonyl (C=O) groups is 2. The predicted molar refractivity (Wildman–Crippen MR) is 117 cm³/mol. The van der Waals surface area contributed by atoms with Crippen molar-refractivity contribution < 1.29 is 31.2 Å². The highest BCUT2D eigenvalue weighted by Gasteiger charge is 2.32. The van der Waals surface area contributed by atoms with Crippen LogP contribution in [0.2, 0.25) is 0 Å². The lowest BCUT2D eigenvalue weighted by atomic mass is 10.1. The molecule has 3 rings (SSSR count). The van der Waals surface area contributed by atoms with Crippen molar-refractivity contribution >= 4 is 27.3 Å². The first kappa shape index (κ1) is 24.7. The summed E-state index contributed by atoms with van der Waals surface area (Å²) >= 11 is 0. The zero-order valence-corrected chi connectivity index (χ0v) is 18.4. The van der Waals surface area contributed by atoms with Crippen molar-refractivity contribution in [3.8, 4) is 0 Å². The topological polar surface area (TPSA) is 130 Å². The second kappa shape index (κ2) is 9.14. The largest absolute Gasteiger partial charge is 0.416 e. The molecule has 2 aromatic carbocycles. The average molecular weight is 493 g/mol. The number of nitrogens with one attached hydrogen (secondary N) is 1. The number of amides is 2. The minimum atomic E-state index is -4.69. The number of hydrogen-bond acceptors (Lipinski definition) is 5. The molecule has 3 N–H and O–H groups in total. The molecule has 1 aromatic heterocycles. The van der Waals surface area contributed by atoms with Crippen molar-refractivity contribution in [2.75, 3.05) is 11.2 Å². The van der Waals surface area contributed by atoms with Gasteiger partial charge in [-0.25, -0.2) is 8.42 Å². The third kappa shape index (κ3) is 5.52. The van der Waals surface area contributed by atoms with E-state index < -0.39 is 44.5 Å². The maximum atomic E-state index is 13.3. The summed E-state index contributed by atoms with van der Waals surface area (Å²) in [5, 5.41) is 0. The van der Waals surface area contributed by atoms with E-state index in [1.54, 1.807) is 0 Å². The number of benzene rings is 2. The van der Waals surface area contributed by atoms with Gasteiger partial charge in [-0.05, 0) is 42.0 Å². The van der Waals surface area contributed by atoms with Crippen molar-refractivity contribution in [2.24, 2.45) is 5.73 Å². The van der Waals surface area contributed by atoms with Gasteiger partial charge in [0, 0.05) is 18.1 Å². The molecule has 12 heteroatoms. The second-order valence-electron chi connectivity index (χ2n) is 7.35. The number of anilines is 1. The quantitative estimate of drug-likeness (QED) is 0.545. The monoisotopic (exact) mass is 493 g/mol. The summed E-state index contributed by atoms with van der Waals surface area (Å²) in [4.78, 5) is 40.2. The Balaban J connectivity index is 2.11. The first-order chi connectivity index (χ1) is 15.8. The van der Waals surface area contributed by atoms with E-state index in [0.717, 1.165) is 41.6 Å². The van der Waals surface area contributed by atoms with Crippen molar-refractivity contribution in [1.29, 1.82) is 0 Å². The highest BCUT2D eigenvalue weighted by atomic mass is 32.2. The van der Waals surface area contributed by atoms with Gasteiger partial charge < -0.3 is 15.6 Å². The van der Waals surface area contributed by atoms with Crippen molar-refractivity contribution in [3.63, 3.8) is 0 Å². The van der Waals surface area contributed by atoms with Gasteiger partial charge in [-0.2, -0.15) is 13.2 Å². The number of aromatic amines is 1. The zero-order valence-electron chi connectivity index (χ0n) is 17.6. The molecule has 0 aliphatic heterocycles. The van der Waals surface area contributed by atoms with E-state index in [1.165, 1.54) is 30.3 Å². The summed E-state index contributed by atoms with van der Waals surface area (Å²) in [7, 11) is -3.49. The number of alkyl halides is 3. The third-order valence-electron chi connectivity index (χ3n) is 4.84. The van der Waals surface area contributed by atoms with Crippen LogP contribution in [-0.2, 0) is 22.6 Å². The molecule has 0 unspecified atom stereocenters. The lowest BCUT2D eigenvalue weighted by Crippen LogP contribution is -2.35. The number of halogens is 3. The van der Waals surface area contributed by atoms with Crippen LogP contribution in [0.3, 0.4) is 0 Å². The van der Waals surface area contributed by atoms with Gasteiger partial charge in [0.25, 0.3) is 11.5 Å². The van der Waals surface area contributed by atoms with Gasteiger partial charge in [0.15, 0.2) is 9.84 Å². The molecule has 0 fully saturated rings. The summed E-state index contributed by atoms with van der Waals surface area (Å²) in [5.74, 6) is -1.91. The number of sulfone groups is 1. The lowest BCUT2D eigenvalue weighted by Gasteiger charge is -2.24. The van der Waals surface area contributed by atoms with Crippen LogP contribution in [0.1, 0.15) is 31.8 Å². The molecule has 0 saturated heterocycles. The molecule has 3 aromatic rings.